The summed E-state index contributed by atoms with van der Waals surface area (Å²) in [5.41, 5.74) is 0.607. The zero-order valence-electron chi connectivity index (χ0n) is 12.3. The summed E-state index contributed by atoms with van der Waals surface area (Å²) >= 11 is 0. The van der Waals surface area contributed by atoms with Crippen molar-refractivity contribution in [3.63, 3.8) is 0 Å². The molecule has 0 spiro atoms. The molecule has 0 radical (unpaired) electrons. The van der Waals surface area contributed by atoms with E-state index < -0.39 is 5.97 Å². The monoisotopic (exact) mass is 294 g/mol. The molecular formula is C15H18O6. The lowest BCUT2D eigenvalue weighted by atomic mass is 9.96. The molecule has 1 N–H and O–H groups in total. The molecule has 1 heterocycles. The summed E-state index contributed by atoms with van der Waals surface area (Å²) < 4.78 is 15.7. The van der Waals surface area contributed by atoms with Crippen molar-refractivity contribution in [3.05, 3.63) is 17.2 Å². The van der Waals surface area contributed by atoms with Gasteiger partial charge in [-0.2, -0.15) is 0 Å². The first-order chi connectivity index (χ1) is 9.93. The van der Waals surface area contributed by atoms with Crippen LogP contribution in [0.3, 0.4) is 0 Å². The van der Waals surface area contributed by atoms with E-state index >= 15 is 0 Å². The minimum atomic E-state index is -0.403. The van der Waals surface area contributed by atoms with Crippen molar-refractivity contribution in [2.75, 3.05) is 13.7 Å². The number of Topliss-reactive ketones (excluding diaryl/α,β-unsaturated/α-hetero) is 1. The Morgan fingerprint density at radius 3 is 2.86 bits per heavy atom. The van der Waals surface area contributed by atoms with Gasteiger partial charge >= 0.3 is 5.97 Å². The highest BCUT2D eigenvalue weighted by atomic mass is 16.5. The summed E-state index contributed by atoms with van der Waals surface area (Å²) in [4.78, 5) is 22.9. The Balaban J connectivity index is 2.38. The largest absolute Gasteiger partial charge is 0.507 e. The minimum absolute atomic E-state index is 0.101. The fraction of sp³-hybridized carbons (Fsp3) is 0.467. The van der Waals surface area contributed by atoms with E-state index in [9.17, 15) is 14.7 Å². The predicted molar refractivity (Wildman–Crippen MR) is 74.0 cm³/mol. The summed E-state index contributed by atoms with van der Waals surface area (Å²) in [5, 5.41) is 10.3. The number of benzene rings is 1. The second-order valence-electron chi connectivity index (χ2n) is 4.92. The SMILES string of the molecule is COc1cc2c(c(O)c1CCOC(C)=O)C(=O)CC(C)O2. The van der Waals surface area contributed by atoms with Gasteiger partial charge in [0.1, 0.15) is 28.9 Å². The molecule has 6 heteroatoms. The van der Waals surface area contributed by atoms with Gasteiger partial charge in [0, 0.05) is 31.4 Å². The number of ether oxygens (including phenoxy) is 3. The standard InChI is InChI=1S/C15H18O6/c1-8-6-11(17)14-13(21-8)7-12(19-3)10(15(14)18)4-5-20-9(2)16/h7-8,18H,4-6H2,1-3H3. The van der Waals surface area contributed by atoms with E-state index in [1.807, 2.05) is 0 Å². The number of esters is 1. The van der Waals surface area contributed by atoms with Crippen molar-refractivity contribution in [2.24, 2.45) is 0 Å². The van der Waals surface area contributed by atoms with Gasteiger partial charge in [-0.05, 0) is 6.92 Å². The van der Waals surface area contributed by atoms with Crippen molar-refractivity contribution in [3.8, 4) is 17.2 Å². The maximum absolute atomic E-state index is 12.1. The second-order valence-corrected chi connectivity index (χ2v) is 4.92. The molecule has 1 aliphatic heterocycles. The van der Waals surface area contributed by atoms with Crippen LogP contribution in [-0.4, -0.2) is 36.7 Å². The second kappa shape index (κ2) is 6.03. The van der Waals surface area contributed by atoms with Crippen LogP contribution in [0.5, 0.6) is 17.2 Å². The number of carbonyl (C=O) groups excluding carboxylic acids is 2. The summed E-state index contributed by atoms with van der Waals surface area (Å²) in [6.45, 7) is 3.20. The van der Waals surface area contributed by atoms with Gasteiger partial charge in [-0.3, -0.25) is 9.59 Å². The third kappa shape index (κ3) is 3.09. The van der Waals surface area contributed by atoms with Gasteiger partial charge in [-0.1, -0.05) is 0 Å². The summed E-state index contributed by atoms with van der Waals surface area (Å²) in [5.74, 6) is -0.00432. The molecule has 0 aliphatic carbocycles. The molecule has 0 amide bonds. The fourth-order valence-corrected chi connectivity index (χ4v) is 2.37. The quantitative estimate of drug-likeness (QED) is 0.854. The van der Waals surface area contributed by atoms with Gasteiger partial charge in [0.25, 0.3) is 0 Å². The maximum atomic E-state index is 12.1. The molecule has 114 valence electrons. The van der Waals surface area contributed by atoms with Crippen LogP contribution in [0.2, 0.25) is 0 Å². The predicted octanol–water partition coefficient (Wildman–Crippen LogP) is 1.86. The molecule has 21 heavy (non-hydrogen) atoms. The number of phenols is 1. The summed E-state index contributed by atoms with van der Waals surface area (Å²) in [6, 6.07) is 1.59. The normalized spacial score (nSPS) is 16.9. The highest BCUT2D eigenvalue weighted by Crippen LogP contribution is 2.42. The van der Waals surface area contributed by atoms with Crippen LogP contribution in [0.25, 0.3) is 0 Å². The van der Waals surface area contributed by atoms with Gasteiger partial charge in [0.15, 0.2) is 5.78 Å². The van der Waals surface area contributed by atoms with Crippen LogP contribution in [0.1, 0.15) is 36.2 Å². The van der Waals surface area contributed by atoms with E-state index in [-0.39, 0.29) is 42.6 Å². The Morgan fingerprint density at radius 2 is 2.24 bits per heavy atom. The third-order valence-corrected chi connectivity index (χ3v) is 3.29. The Hall–Kier alpha value is -2.24. The summed E-state index contributed by atoms with van der Waals surface area (Å²) in [6.07, 6.45) is 0.238. The average molecular weight is 294 g/mol. The highest BCUT2D eigenvalue weighted by molar-refractivity contribution is 6.03. The van der Waals surface area contributed by atoms with Gasteiger partial charge in [0.2, 0.25) is 0 Å². The molecule has 6 nitrogen and oxygen atoms in total. The lowest BCUT2D eigenvalue weighted by Crippen LogP contribution is -2.24. The van der Waals surface area contributed by atoms with E-state index in [1.54, 1.807) is 13.0 Å². The van der Waals surface area contributed by atoms with E-state index in [2.05, 4.69) is 0 Å². The van der Waals surface area contributed by atoms with E-state index in [1.165, 1.54) is 14.0 Å². The molecule has 1 aliphatic rings. The number of rotatable bonds is 4. The molecular weight excluding hydrogens is 276 g/mol. The van der Waals surface area contributed by atoms with Crippen molar-refractivity contribution < 1.29 is 28.9 Å². The topological polar surface area (TPSA) is 82.1 Å². The van der Waals surface area contributed by atoms with Crippen molar-refractivity contribution in [1.82, 2.24) is 0 Å². The third-order valence-electron chi connectivity index (χ3n) is 3.29. The number of hydrogen-bond donors (Lipinski definition) is 1. The van der Waals surface area contributed by atoms with Crippen LogP contribution in [0, 0.1) is 0 Å². The smallest absolute Gasteiger partial charge is 0.302 e. The Labute approximate surface area is 122 Å². The Kier molecular flexibility index (Phi) is 4.35. The van der Waals surface area contributed by atoms with E-state index in [4.69, 9.17) is 14.2 Å². The van der Waals surface area contributed by atoms with Crippen LogP contribution < -0.4 is 9.47 Å². The number of methoxy groups -OCH3 is 1. The first kappa shape index (κ1) is 15.2. The maximum Gasteiger partial charge on any atom is 0.302 e. The summed E-state index contributed by atoms with van der Waals surface area (Å²) in [7, 11) is 1.46. The van der Waals surface area contributed by atoms with Crippen LogP contribution in [0.4, 0.5) is 0 Å². The van der Waals surface area contributed by atoms with Gasteiger partial charge in [0.05, 0.1) is 13.7 Å². The molecule has 0 saturated heterocycles. The number of carbonyl (C=O) groups is 2. The molecule has 1 aromatic rings. The number of hydrogen-bond acceptors (Lipinski definition) is 6. The minimum Gasteiger partial charge on any atom is -0.507 e. The number of phenolic OH excluding ortho intramolecular Hbond substituents is 1. The average Bonchev–Trinajstić information content (AvgIpc) is 2.39. The molecule has 0 aromatic heterocycles. The lowest BCUT2D eigenvalue weighted by molar-refractivity contribution is -0.140. The molecule has 2 rings (SSSR count). The molecule has 1 aromatic carbocycles. The highest BCUT2D eigenvalue weighted by Gasteiger charge is 2.30. The molecule has 0 bridgehead atoms. The Bertz CT molecular complexity index is 578. The molecule has 0 fully saturated rings. The molecule has 0 saturated carbocycles. The molecule has 1 unspecified atom stereocenters. The van der Waals surface area contributed by atoms with Gasteiger partial charge in [-0.15, -0.1) is 0 Å². The molecule has 1 atom stereocenters. The van der Waals surface area contributed by atoms with Gasteiger partial charge < -0.3 is 19.3 Å². The van der Waals surface area contributed by atoms with Crippen molar-refractivity contribution in [1.29, 1.82) is 0 Å². The van der Waals surface area contributed by atoms with Crippen molar-refractivity contribution >= 4 is 11.8 Å². The zero-order chi connectivity index (χ0) is 15.6. The number of fused-ring (bicyclic) bond motifs is 1. The van der Waals surface area contributed by atoms with E-state index in [0.717, 1.165) is 0 Å². The fourth-order valence-electron chi connectivity index (χ4n) is 2.37. The van der Waals surface area contributed by atoms with Crippen LogP contribution in [-0.2, 0) is 16.0 Å². The Morgan fingerprint density at radius 1 is 1.52 bits per heavy atom. The van der Waals surface area contributed by atoms with Crippen molar-refractivity contribution in [2.45, 2.75) is 32.8 Å². The zero-order valence-corrected chi connectivity index (χ0v) is 12.3. The van der Waals surface area contributed by atoms with Gasteiger partial charge in [-0.25, -0.2) is 0 Å². The number of ketones is 1. The lowest BCUT2D eigenvalue weighted by Gasteiger charge is -2.25. The first-order valence-corrected chi connectivity index (χ1v) is 6.70. The van der Waals surface area contributed by atoms with E-state index in [0.29, 0.717) is 17.1 Å². The van der Waals surface area contributed by atoms with Crippen LogP contribution >= 0.6 is 0 Å². The number of aromatic hydroxyl groups is 1. The van der Waals surface area contributed by atoms with Crippen LogP contribution in [0.15, 0.2) is 6.07 Å². The first-order valence-electron chi connectivity index (χ1n) is 6.70.